The molecular formula is C34H62NO6S+. The van der Waals surface area contributed by atoms with Crippen LogP contribution in [0, 0.1) is 46.3 Å². The number of hydrogen-bond donors (Lipinski definition) is 3. The Morgan fingerprint density at radius 2 is 1.62 bits per heavy atom. The molecule has 4 aliphatic rings. The van der Waals surface area contributed by atoms with E-state index in [4.69, 9.17) is 0 Å². The summed E-state index contributed by atoms with van der Waals surface area (Å²) in [5, 5.41) is 33.6. The molecule has 0 heterocycles. The van der Waals surface area contributed by atoms with Crippen molar-refractivity contribution < 1.29 is 33.0 Å². The highest BCUT2D eigenvalue weighted by Gasteiger charge is 2.65. The van der Waals surface area contributed by atoms with Crippen LogP contribution in [0.1, 0.15) is 104 Å². The highest BCUT2D eigenvalue weighted by Crippen LogP contribution is 2.68. The van der Waals surface area contributed by atoms with Crippen molar-refractivity contribution in [2.24, 2.45) is 46.3 Å². The molecule has 42 heavy (non-hydrogen) atoms. The van der Waals surface area contributed by atoms with Crippen molar-refractivity contribution >= 4 is 15.6 Å². The number of sulfone groups is 1. The first-order valence-electron chi connectivity index (χ1n) is 17.0. The number of hydrogen-bond acceptors (Lipinski definition) is 6. The normalized spacial score (nSPS) is 41.1. The third-order valence-corrected chi connectivity index (χ3v) is 14.2. The van der Waals surface area contributed by atoms with Crippen molar-refractivity contribution in [3.63, 3.8) is 0 Å². The van der Waals surface area contributed by atoms with Gasteiger partial charge in [-0.1, -0.05) is 20.8 Å². The van der Waals surface area contributed by atoms with E-state index in [-0.39, 0.29) is 40.8 Å². The average molecular weight is 613 g/mol. The minimum Gasteiger partial charge on any atom is -0.393 e. The molecule has 11 atom stereocenters. The second-order valence-electron chi connectivity index (χ2n) is 16.4. The molecule has 0 amide bonds. The fourth-order valence-corrected chi connectivity index (χ4v) is 11.2. The van der Waals surface area contributed by atoms with E-state index >= 15 is 0 Å². The minimum atomic E-state index is -2.92. The van der Waals surface area contributed by atoms with E-state index in [9.17, 15) is 28.5 Å². The summed E-state index contributed by atoms with van der Waals surface area (Å²) in [7, 11) is 1.35. The molecule has 4 rings (SSSR count). The van der Waals surface area contributed by atoms with Gasteiger partial charge in [-0.05, 0) is 111 Å². The van der Waals surface area contributed by atoms with Gasteiger partial charge in [-0.25, -0.2) is 8.42 Å². The molecule has 0 radical (unpaired) electrons. The first kappa shape index (κ1) is 34.3. The highest BCUT2D eigenvalue weighted by atomic mass is 32.2. The molecule has 0 unspecified atom stereocenters. The van der Waals surface area contributed by atoms with Crippen LogP contribution in [-0.2, 0) is 14.6 Å². The van der Waals surface area contributed by atoms with Gasteiger partial charge >= 0.3 is 0 Å². The topological polar surface area (TPSA) is 112 Å². The molecule has 0 spiro atoms. The Balaban J connectivity index is 1.27. The summed E-state index contributed by atoms with van der Waals surface area (Å²) in [6.45, 7) is 8.71. The predicted molar refractivity (Wildman–Crippen MR) is 167 cm³/mol. The van der Waals surface area contributed by atoms with E-state index < -0.39 is 9.84 Å². The Labute approximate surface area is 256 Å². The molecule has 4 fully saturated rings. The number of fused-ring (bicyclic) bond motifs is 5. The summed E-state index contributed by atoms with van der Waals surface area (Å²) in [5.74, 6) is 2.46. The number of unbranched alkanes of at least 4 members (excludes halogenated alkanes) is 1. The second kappa shape index (κ2) is 13.1. The van der Waals surface area contributed by atoms with Crippen LogP contribution in [-0.4, -0.2) is 91.5 Å². The standard InChI is InChI=1S/C34H62NO6S/c1-23(11-12-25(36)10-7-8-17-35(4,5)18-9-19-42(6,40)41)27-13-14-28-32-29(22-31(39)34(27,28)3)33(2)16-15-26(37)20-24(33)21-30(32)38/h23-24,26-32,37-39H,7-22H2,1-6H3/q+1/t23-,24+,26-,27-,28+,29+,30-,31+,32+,33+,34-/m1/s1. The van der Waals surface area contributed by atoms with Crippen LogP contribution < -0.4 is 0 Å². The third-order valence-electron chi connectivity index (χ3n) is 13.1. The molecule has 0 aromatic carbocycles. The Bertz CT molecular complexity index is 1050. The molecule has 4 saturated carbocycles. The molecule has 244 valence electrons. The van der Waals surface area contributed by atoms with Gasteiger partial charge in [0.1, 0.15) is 15.6 Å². The van der Waals surface area contributed by atoms with Crippen LogP contribution in [0.5, 0.6) is 0 Å². The van der Waals surface area contributed by atoms with Crippen molar-refractivity contribution in [3.05, 3.63) is 0 Å². The number of carbonyl (C=O) groups excluding carboxylic acids is 1. The van der Waals surface area contributed by atoms with Crippen LogP contribution >= 0.6 is 0 Å². The molecular weight excluding hydrogens is 550 g/mol. The largest absolute Gasteiger partial charge is 0.393 e. The van der Waals surface area contributed by atoms with Gasteiger partial charge < -0.3 is 19.8 Å². The maximum atomic E-state index is 12.8. The monoisotopic (exact) mass is 612 g/mol. The van der Waals surface area contributed by atoms with Gasteiger partial charge in [-0.3, -0.25) is 4.79 Å². The maximum Gasteiger partial charge on any atom is 0.147 e. The fraction of sp³-hybridized carbons (Fsp3) is 0.971. The number of rotatable bonds is 13. The Hall–Kier alpha value is -0.540. The number of Topliss-reactive ketones (excluding diaryl/α,β-unsaturated/α-hetero) is 1. The molecule has 8 heteroatoms. The zero-order valence-corrected chi connectivity index (χ0v) is 28.2. The smallest absolute Gasteiger partial charge is 0.147 e. The summed E-state index contributed by atoms with van der Waals surface area (Å²) in [5.41, 5.74) is -0.131. The summed E-state index contributed by atoms with van der Waals surface area (Å²) in [6.07, 6.45) is 11.1. The predicted octanol–water partition coefficient (Wildman–Crippen LogP) is 4.61. The molecule has 0 bridgehead atoms. The van der Waals surface area contributed by atoms with Gasteiger partial charge in [-0.15, -0.1) is 0 Å². The van der Waals surface area contributed by atoms with Crippen LogP contribution in [0.15, 0.2) is 0 Å². The zero-order chi connectivity index (χ0) is 31.1. The molecule has 0 aromatic heterocycles. The summed E-state index contributed by atoms with van der Waals surface area (Å²) in [6, 6.07) is 0. The van der Waals surface area contributed by atoms with Gasteiger partial charge in [0.2, 0.25) is 0 Å². The fourth-order valence-electron chi connectivity index (χ4n) is 10.6. The van der Waals surface area contributed by atoms with Crippen LogP contribution in [0.2, 0.25) is 0 Å². The summed E-state index contributed by atoms with van der Waals surface area (Å²) >= 11 is 0. The van der Waals surface area contributed by atoms with E-state index in [1.807, 2.05) is 0 Å². The van der Waals surface area contributed by atoms with Crippen LogP contribution in [0.3, 0.4) is 0 Å². The lowest BCUT2D eigenvalue weighted by Crippen LogP contribution is -2.62. The maximum absolute atomic E-state index is 12.8. The SMILES string of the molecule is C[C@H](CCC(=O)CCCC[N+](C)(C)CCCS(C)(=O)=O)[C@H]1CC[C@H]2[C@@H]3[C@H](O)C[C@@H]4C[C@H](O)CC[C@]4(C)[C@H]3C[C@H](O)[C@]12C. The molecule has 0 aromatic rings. The van der Waals surface area contributed by atoms with E-state index in [1.54, 1.807) is 0 Å². The lowest BCUT2D eigenvalue weighted by molar-refractivity contribution is -0.890. The number of quaternary nitrogens is 1. The summed E-state index contributed by atoms with van der Waals surface area (Å²) < 4.78 is 23.6. The van der Waals surface area contributed by atoms with Crippen molar-refractivity contribution in [1.29, 1.82) is 0 Å². The minimum absolute atomic E-state index is 0.0891. The van der Waals surface area contributed by atoms with Gasteiger partial charge in [0, 0.05) is 25.5 Å². The van der Waals surface area contributed by atoms with Gasteiger partial charge in [-0.2, -0.15) is 0 Å². The Morgan fingerprint density at radius 3 is 2.31 bits per heavy atom. The zero-order valence-electron chi connectivity index (χ0n) is 27.4. The molecule has 0 saturated heterocycles. The van der Waals surface area contributed by atoms with Crippen molar-refractivity contribution in [2.45, 2.75) is 123 Å². The highest BCUT2D eigenvalue weighted by molar-refractivity contribution is 7.90. The third kappa shape index (κ3) is 7.29. The first-order chi connectivity index (χ1) is 19.5. The van der Waals surface area contributed by atoms with Gasteiger partial charge in [0.15, 0.2) is 0 Å². The Kier molecular flexibility index (Phi) is 10.7. The van der Waals surface area contributed by atoms with Crippen LogP contribution in [0.25, 0.3) is 0 Å². The molecule has 7 nitrogen and oxygen atoms in total. The van der Waals surface area contributed by atoms with Crippen molar-refractivity contribution in [2.75, 3.05) is 39.2 Å². The number of aliphatic hydroxyl groups is 3. The van der Waals surface area contributed by atoms with Crippen molar-refractivity contribution in [1.82, 2.24) is 0 Å². The quantitative estimate of drug-likeness (QED) is 0.207. The number of ketones is 1. The van der Waals surface area contributed by atoms with Gasteiger partial charge in [0.05, 0.1) is 51.2 Å². The van der Waals surface area contributed by atoms with Crippen LogP contribution in [0.4, 0.5) is 0 Å². The number of nitrogens with zero attached hydrogens (tertiary/aromatic N) is 1. The molecule has 0 aliphatic heterocycles. The van der Waals surface area contributed by atoms with E-state index in [0.717, 1.165) is 81.8 Å². The van der Waals surface area contributed by atoms with E-state index in [2.05, 4.69) is 34.9 Å². The van der Waals surface area contributed by atoms with E-state index in [1.165, 1.54) is 6.26 Å². The van der Waals surface area contributed by atoms with Gasteiger partial charge in [0.25, 0.3) is 0 Å². The number of aliphatic hydroxyl groups excluding tert-OH is 3. The van der Waals surface area contributed by atoms with Crippen molar-refractivity contribution in [3.8, 4) is 0 Å². The Morgan fingerprint density at radius 1 is 0.929 bits per heavy atom. The lowest BCUT2D eigenvalue weighted by atomic mass is 9.43. The average Bonchev–Trinajstić information content (AvgIpc) is 3.24. The first-order valence-corrected chi connectivity index (χ1v) is 19.1. The molecule has 3 N–H and O–H groups in total. The van der Waals surface area contributed by atoms with E-state index in [0.29, 0.717) is 54.6 Å². The number of carbonyl (C=O) groups is 1. The summed E-state index contributed by atoms with van der Waals surface area (Å²) in [4.78, 5) is 12.8. The molecule has 4 aliphatic carbocycles. The lowest BCUT2D eigenvalue weighted by Gasteiger charge is -2.63. The second-order valence-corrected chi connectivity index (χ2v) is 18.7.